The van der Waals surface area contributed by atoms with Crippen molar-refractivity contribution >= 4 is 23.4 Å². The van der Waals surface area contributed by atoms with E-state index in [1.54, 1.807) is 31.2 Å². The smallest absolute Gasteiger partial charge is 0.375 e. The Morgan fingerprint density at radius 2 is 1.74 bits per heavy atom. The van der Waals surface area contributed by atoms with Gasteiger partial charge in [-0.1, -0.05) is 24.2 Å². The Kier molecular flexibility index (Phi) is 6.87. The Labute approximate surface area is 197 Å². The number of nitriles is 1. The van der Waals surface area contributed by atoms with E-state index in [1.807, 2.05) is 24.3 Å². The lowest BCUT2D eigenvalue weighted by Gasteiger charge is -2.31. The number of urea groups is 1. The minimum Gasteiger partial charge on any atom is -0.481 e. The lowest BCUT2D eigenvalue weighted by Crippen LogP contribution is -2.38. The number of hydrogen-bond donors (Lipinski definition) is 4. The number of carboxylic acids is 1. The molecule has 9 heteroatoms. The minimum absolute atomic E-state index is 0.241. The van der Waals surface area contributed by atoms with Crippen LogP contribution in [0.15, 0.2) is 60.6 Å². The summed E-state index contributed by atoms with van der Waals surface area (Å²) in [7, 11) is 0. The van der Waals surface area contributed by atoms with Crippen molar-refractivity contribution in [3.63, 3.8) is 0 Å². The molecule has 0 saturated heterocycles. The fourth-order valence-electron chi connectivity index (χ4n) is 4.36. The topological polar surface area (TPSA) is 127 Å². The normalized spacial score (nSPS) is 20.2. The van der Waals surface area contributed by atoms with Crippen molar-refractivity contribution in [1.29, 1.82) is 5.26 Å². The third-order valence-electron chi connectivity index (χ3n) is 6.47. The van der Waals surface area contributed by atoms with E-state index >= 15 is 0 Å². The predicted molar refractivity (Wildman–Crippen MR) is 126 cm³/mol. The van der Waals surface area contributed by atoms with Crippen molar-refractivity contribution in [1.82, 2.24) is 10.6 Å². The molecule has 1 aliphatic heterocycles. The van der Waals surface area contributed by atoms with E-state index in [9.17, 15) is 14.7 Å². The van der Waals surface area contributed by atoms with Gasteiger partial charge in [-0.15, -0.1) is 0 Å². The van der Waals surface area contributed by atoms with Gasteiger partial charge in [0.15, 0.2) is 0 Å². The molecule has 2 aliphatic rings. The molecule has 4 rings (SSSR count). The number of benzene rings is 2. The second-order valence-corrected chi connectivity index (χ2v) is 8.63. The number of aliphatic carboxylic acids is 1. The first-order valence-electron chi connectivity index (χ1n) is 11.3. The van der Waals surface area contributed by atoms with Crippen molar-refractivity contribution in [2.45, 2.75) is 38.5 Å². The fraction of sp³-hybridized carbons (Fsp3) is 0.320. The second-order valence-electron chi connectivity index (χ2n) is 8.63. The molecule has 0 radical (unpaired) electrons. The molecule has 34 heavy (non-hydrogen) atoms. The van der Waals surface area contributed by atoms with Crippen LogP contribution in [0.2, 0.25) is 0 Å². The standard InChI is InChI=1S/C25H27N5O4/c1-16(24(31)32)18-4-6-19(7-5-18)20-8-12-22(13-9-20)29-25(33)30-27-15-23(34-30)28-21-10-2-17(14-26)3-11-21/h2-3,8-13,15-16,18-19,27-28H,4-7H2,1H3,(H,29,33)(H,31,32). The minimum atomic E-state index is -0.715. The van der Waals surface area contributed by atoms with Crippen molar-refractivity contribution in [3.8, 4) is 6.07 Å². The summed E-state index contributed by atoms with van der Waals surface area (Å²) in [6.07, 6.45) is 5.30. The van der Waals surface area contributed by atoms with E-state index < -0.39 is 12.0 Å². The van der Waals surface area contributed by atoms with Gasteiger partial charge in [-0.25, -0.2) is 4.79 Å². The van der Waals surface area contributed by atoms with Crippen LogP contribution in [0.3, 0.4) is 0 Å². The molecule has 1 unspecified atom stereocenters. The van der Waals surface area contributed by atoms with Crippen LogP contribution in [-0.4, -0.2) is 22.3 Å². The number of carbonyl (C=O) groups is 2. The molecular formula is C25H27N5O4. The Morgan fingerprint density at radius 3 is 2.35 bits per heavy atom. The first-order chi connectivity index (χ1) is 16.4. The highest BCUT2D eigenvalue weighted by atomic mass is 16.7. The predicted octanol–water partition coefficient (Wildman–Crippen LogP) is 4.75. The molecule has 2 aromatic carbocycles. The fourth-order valence-corrected chi connectivity index (χ4v) is 4.36. The maximum absolute atomic E-state index is 12.5. The van der Waals surface area contributed by atoms with Gasteiger partial charge in [0.1, 0.15) is 0 Å². The monoisotopic (exact) mass is 461 g/mol. The molecule has 1 saturated carbocycles. The number of carbonyl (C=O) groups excluding carboxylic acids is 1. The number of hydroxylamine groups is 1. The van der Waals surface area contributed by atoms with E-state index in [4.69, 9.17) is 10.1 Å². The van der Waals surface area contributed by atoms with Gasteiger partial charge in [0, 0.05) is 11.4 Å². The molecule has 1 fully saturated rings. The summed E-state index contributed by atoms with van der Waals surface area (Å²) in [6, 6.07) is 16.2. The van der Waals surface area contributed by atoms with Crippen LogP contribution in [0, 0.1) is 23.2 Å². The molecule has 0 bridgehead atoms. The zero-order chi connectivity index (χ0) is 24.1. The maximum atomic E-state index is 12.5. The number of anilines is 2. The first-order valence-corrected chi connectivity index (χ1v) is 11.3. The summed E-state index contributed by atoms with van der Waals surface area (Å²) in [6.45, 7) is 1.80. The maximum Gasteiger partial charge on any atom is 0.375 e. The number of nitrogens with zero attached hydrogens (tertiary/aromatic N) is 2. The highest BCUT2D eigenvalue weighted by Gasteiger charge is 2.29. The zero-order valence-corrected chi connectivity index (χ0v) is 18.8. The van der Waals surface area contributed by atoms with E-state index in [-0.39, 0.29) is 11.8 Å². The third kappa shape index (κ3) is 5.41. The third-order valence-corrected chi connectivity index (χ3v) is 6.47. The van der Waals surface area contributed by atoms with E-state index in [1.165, 1.54) is 11.8 Å². The van der Waals surface area contributed by atoms with Crippen LogP contribution in [0.1, 0.15) is 49.7 Å². The van der Waals surface area contributed by atoms with Gasteiger partial charge in [-0.3, -0.25) is 10.2 Å². The number of nitrogens with one attached hydrogen (secondary N) is 3. The van der Waals surface area contributed by atoms with Gasteiger partial charge < -0.3 is 20.6 Å². The average molecular weight is 462 g/mol. The average Bonchev–Trinajstić information content (AvgIpc) is 3.33. The van der Waals surface area contributed by atoms with Crippen molar-refractivity contribution in [2.24, 2.45) is 11.8 Å². The summed E-state index contributed by atoms with van der Waals surface area (Å²) >= 11 is 0. The highest BCUT2D eigenvalue weighted by molar-refractivity contribution is 5.88. The molecule has 0 aromatic heterocycles. The molecule has 4 N–H and O–H groups in total. The summed E-state index contributed by atoms with van der Waals surface area (Å²) in [5, 5.41) is 24.9. The Hall–Kier alpha value is -4.19. The SMILES string of the molecule is CC(C(=O)O)C1CCC(c2ccc(NC(=O)N3NC=C(Nc4ccc(C#N)cc4)O3)cc2)CC1. The largest absolute Gasteiger partial charge is 0.481 e. The molecule has 176 valence electrons. The van der Waals surface area contributed by atoms with Crippen LogP contribution < -0.4 is 16.1 Å². The van der Waals surface area contributed by atoms with Gasteiger partial charge in [0.2, 0.25) is 5.88 Å². The van der Waals surface area contributed by atoms with Gasteiger partial charge in [-0.2, -0.15) is 5.26 Å². The number of rotatable bonds is 6. The molecule has 1 heterocycles. The molecular weight excluding hydrogens is 434 g/mol. The summed E-state index contributed by atoms with van der Waals surface area (Å²) in [5.41, 5.74) is 5.85. The van der Waals surface area contributed by atoms with E-state index in [0.717, 1.165) is 36.5 Å². The molecule has 9 nitrogen and oxygen atoms in total. The molecule has 0 spiro atoms. The second kappa shape index (κ2) is 10.2. The van der Waals surface area contributed by atoms with Gasteiger partial charge in [0.25, 0.3) is 0 Å². The Balaban J connectivity index is 1.25. The van der Waals surface area contributed by atoms with Crippen LogP contribution in [0.4, 0.5) is 16.2 Å². The van der Waals surface area contributed by atoms with Gasteiger partial charge in [-0.05, 0) is 79.5 Å². The summed E-state index contributed by atoms with van der Waals surface area (Å²) in [5.74, 6) is -0.0273. The number of hydrazine groups is 1. The van der Waals surface area contributed by atoms with Crippen molar-refractivity contribution in [2.75, 3.05) is 10.6 Å². The quantitative estimate of drug-likeness (QED) is 0.489. The van der Waals surface area contributed by atoms with Gasteiger partial charge in [0.05, 0.1) is 23.8 Å². The lowest BCUT2D eigenvalue weighted by molar-refractivity contribution is -0.143. The molecule has 2 amide bonds. The van der Waals surface area contributed by atoms with Crippen LogP contribution in [0.25, 0.3) is 0 Å². The first kappa shape index (κ1) is 23.0. The van der Waals surface area contributed by atoms with Crippen LogP contribution in [-0.2, 0) is 9.63 Å². The van der Waals surface area contributed by atoms with E-state index in [0.29, 0.717) is 23.1 Å². The summed E-state index contributed by atoms with van der Waals surface area (Å²) in [4.78, 5) is 29.2. The highest BCUT2D eigenvalue weighted by Crippen LogP contribution is 2.39. The molecule has 1 atom stereocenters. The number of amides is 2. The lowest BCUT2D eigenvalue weighted by atomic mass is 9.74. The number of carboxylic acid groups (broad SMARTS) is 1. The number of hydrogen-bond acceptors (Lipinski definition) is 6. The Morgan fingerprint density at radius 1 is 1.09 bits per heavy atom. The van der Waals surface area contributed by atoms with Crippen LogP contribution >= 0.6 is 0 Å². The van der Waals surface area contributed by atoms with E-state index in [2.05, 4.69) is 22.1 Å². The molecule has 2 aromatic rings. The van der Waals surface area contributed by atoms with Crippen molar-refractivity contribution < 1.29 is 19.5 Å². The van der Waals surface area contributed by atoms with Crippen LogP contribution in [0.5, 0.6) is 0 Å². The van der Waals surface area contributed by atoms with Crippen molar-refractivity contribution in [3.05, 3.63) is 71.7 Å². The zero-order valence-electron chi connectivity index (χ0n) is 18.8. The molecule has 1 aliphatic carbocycles. The summed E-state index contributed by atoms with van der Waals surface area (Å²) < 4.78 is 0. The Bertz CT molecular complexity index is 1100. The van der Waals surface area contributed by atoms with Gasteiger partial charge >= 0.3 is 12.0 Å².